The molecule has 0 saturated heterocycles. The Bertz CT molecular complexity index is 1370. The summed E-state index contributed by atoms with van der Waals surface area (Å²) in [5, 5.41) is 11.1. The lowest BCUT2D eigenvalue weighted by Gasteiger charge is -2.36. The first-order chi connectivity index (χ1) is 18.2. The number of amides is 3. The quantitative estimate of drug-likeness (QED) is 0.370. The van der Waals surface area contributed by atoms with Gasteiger partial charge in [-0.2, -0.15) is 0 Å². The summed E-state index contributed by atoms with van der Waals surface area (Å²) in [5.41, 5.74) is 2.20. The van der Waals surface area contributed by atoms with E-state index in [0.717, 1.165) is 41.0 Å². The molecule has 1 aromatic carbocycles. The maximum atomic E-state index is 13.3. The van der Waals surface area contributed by atoms with Gasteiger partial charge in [0.05, 0.1) is 11.7 Å². The molecule has 11 heteroatoms. The van der Waals surface area contributed by atoms with E-state index in [9.17, 15) is 14.4 Å². The van der Waals surface area contributed by atoms with Gasteiger partial charge in [0.2, 0.25) is 5.91 Å². The Labute approximate surface area is 230 Å². The Morgan fingerprint density at radius 1 is 1.13 bits per heavy atom. The summed E-state index contributed by atoms with van der Waals surface area (Å²) >= 11 is 7.54. The number of carbonyl (C=O) groups excluding carboxylic acids is 3. The largest absolute Gasteiger partial charge is 0.354 e. The minimum Gasteiger partial charge on any atom is -0.354 e. The van der Waals surface area contributed by atoms with Crippen LogP contribution < -0.4 is 16.0 Å². The van der Waals surface area contributed by atoms with Gasteiger partial charge in [0.25, 0.3) is 11.8 Å². The Morgan fingerprint density at radius 2 is 1.92 bits per heavy atom. The molecular weight excluding hydrogens is 524 g/mol. The molecular formula is C27H33ClN6O3S. The van der Waals surface area contributed by atoms with Gasteiger partial charge < -0.3 is 25.8 Å². The third kappa shape index (κ3) is 5.87. The normalized spacial score (nSPS) is 21.8. The molecule has 3 atom stereocenters. The van der Waals surface area contributed by atoms with E-state index in [1.165, 1.54) is 11.3 Å². The molecule has 0 bridgehead atoms. The van der Waals surface area contributed by atoms with Crippen molar-refractivity contribution in [2.45, 2.75) is 64.2 Å². The Morgan fingerprint density at radius 3 is 2.71 bits per heavy atom. The molecule has 1 saturated carbocycles. The van der Waals surface area contributed by atoms with Crippen molar-refractivity contribution in [3.8, 4) is 0 Å². The van der Waals surface area contributed by atoms with Gasteiger partial charge in [-0.3, -0.25) is 14.4 Å². The fourth-order valence-corrected chi connectivity index (χ4v) is 6.54. The molecule has 5 rings (SSSR count). The molecule has 202 valence electrons. The van der Waals surface area contributed by atoms with E-state index in [1.54, 1.807) is 18.2 Å². The minimum absolute atomic E-state index is 0.0269. The van der Waals surface area contributed by atoms with Gasteiger partial charge >= 0.3 is 0 Å². The first-order valence-electron chi connectivity index (χ1n) is 13.0. The smallest absolute Gasteiger partial charge is 0.280 e. The highest BCUT2D eigenvalue weighted by Crippen LogP contribution is 2.28. The Balaban J connectivity index is 1.33. The second-order valence-corrected chi connectivity index (χ2v) is 12.1. The van der Waals surface area contributed by atoms with Gasteiger partial charge in [0, 0.05) is 58.3 Å². The van der Waals surface area contributed by atoms with Crippen LogP contribution in [0.3, 0.4) is 0 Å². The lowest BCUT2D eigenvalue weighted by atomic mass is 9.81. The summed E-state index contributed by atoms with van der Waals surface area (Å²) < 4.78 is 0. The van der Waals surface area contributed by atoms with Gasteiger partial charge in [-0.1, -0.05) is 11.6 Å². The summed E-state index contributed by atoms with van der Waals surface area (Å²) in [7, 11) is 2.06. The van der Waals surface area contributed by atoms with Gasteiger partial charge in [-0.15, -0.1) is 11.3 Å². The van der Waals surface area contributed by atoms with Crippen molar-refractivity contribution < 1.29 is 14.4 Å². The van der Waals surface area contributed by atoms with Crippen LogP contribution in [0.15, 0.2) is 24.3 Å². The number of rotatable bonds is 6. The molecule has 0 unspecified atom stereocenters. The molecule has 2 aliphatic rings. The van der Waals surface area contributed by atoms with Crippen LogP contribution in [-0.2, 0) is 17.8 Å². The second kappa shape index (κ2) is 11.0. The van der Waals surface area contributed by atoms with Crippen LogP contribution in [0.1, 0.15) is 64.0 Å². The van der Waals surface area contributed by atoms with Crippen molar-refractivity contribution in [2.75, 3.05) is 13.6 Å². The molecule has 3 heterocycles. The van der Waals surface area contributed by atoms with E-state index in [2.05, 4.69) is 37.9 Å². The number of likely N-dealkylation sites (N-methyl/N-ethyl adjacent to an activating group) is 1. The number of fused-ring (bicyclic) bond motifs is 2. The zero-order valence-electron chi connectivity index (χ0n) is 21.8. The molecule has 1 aliphatic carbocycles. The van der Waals surface area contributed by atoms with Crippen LogP contribution >= 0.6 is 22.9 Å². The molecule has 0 spiro atoms. The standard InChI is InChI=1S/C27H33ClN6O3S/c1-14(2)29-24(35)15-4-6-19(31-26(37)27-33-20-8-9-34(3)13-23(20)38-27)21(11-15)32-25(36)22-12-16-10-17(28)5-7-18(16)30-22/h5,7,10,12,14-15,19,21,30H,4,6,8-9,11,13H2,1-3H3,(H,29,35)(H,31,37)(H,32,36)/t15-,19+,21-/m0/s1. The summed E-state index contributed by atoms with van der Waals surface area (Å²) in [5.74, 6) is -0.804. The third-order valence-electron chi connectivity index (χ3n) is 7.23. The van der Waals surface area contributed by atoms with Crippen LogP contribution in [0.25, 0.3) is 10.9 Å². The number of halogens is 1. The van der Waals surface area contributed by atoms with Gasteiger partial charge in [0.15, 0.2) is 5.01 Å². The molecule has 3 amide bonds. The fourth-order valence-electron chi connectivity index (χ4n) is 5.27. The molecule has 2 aromatic heterocycles. The van der Waals surface area contributed by atoms with Crippen molar-refractivity contribution in [3.05, 3.63) is 50.6 Å². The van der Waals surface area contributed by atoms with E-state index >= 15 is 0 Å². The molecule has 0 radical (unpaired) electrons. The maximum Gasteiger partial charge on any atom is 0.280 e. The number of hydrogen-bond donors (Lipinski definition) is 4. The van der Waals surface area contributed by atoms with E-state index in [1.807, 2.05) is 19.9 Å². The van der Waals surface area contributed by atoms with Crippen LogP contribution in [0.5, 0.6) is 0 Å². The van der Waals surface area contributed by atoms with E-state index in [4.69, 9.17) is 11.6 Å². The second-order valence-electron chi connectivity index (χ2n) is 10.6. The van der Waals surface area contributed by atoms with E-state index in [-0.39, 0.29) is 35.7 Å². The number of hydrogen-bond acceptors (Lipinski definition) is 6. The number of nitrogens with one attached hydrogen (secondary N) is 4. The van der Waals surface area contributed by atoms with E-state index in [0.29, 0.717) is 35.0 Å². The molecule has 4 N–H and O–H groups in total. The summed E-state index contributed by atoms with van der Waals surface area (Å²) in [6, 6.07) is 6.44. The Hall–Kier alpha value is -2.95. The number of benzene rings is 1. The van der Waals surface area contributed by atoms with Crippen molar-refractivity contribution in [3.63, 3.8) is 0 Å². The minimum atomic E-state index is -0.418. The van der Waals surface area contributed by atoms with Gasteiger partial charge in [-0.25, -0.2) is 4.98 Å². The van der Waals surface area contributed by atoms with Crippen molar-refractivity contribution in [1.29, 1.82) is 0 Å². The topological polar surface area (TPSA) is 119 Å². The van der Waals surface area contributed by atoms with Crippen LogP contribution in [0.4, 0.5) is 0 Å². The summed E-state index contributed by atoms with van der Waals surface area (Å²) in [6.45, 7) is 5.58. The maximum absolute atomic E-state index is 13.3. The van der Waals surface area contributed by atoms with E-state index < -0.39 is 6.04 Å². The number of carbonyl (C=O) groups is 3. The summed E-state index contributed by atoms with van der Waals surface area (Å²) in [6.07, 6.45) is 2.46. The number of nitrogens with zero attached hydrogens (tertiary/aromatic N) is 2. The molecule has 1 fully saturated rings. The van der Waals surface area contributed by atoms with Gasteiger partial charge in [0.1, 0.15) is 5.69 Å². The number of aromatic amines is 1. The lowest BCUT2D eigenvalue weighted by Crippen LogP contribution is -2.56. The number of thiazole rings is 1. The zero-order chi connectivity index (χ0) is 27.0. The average Bonchev–Trinajstić information content (AvgIpc) is 3.48. The highest BCUT2D eigenvalue weighted by Gasteiger charge is 2.37. The highest BCUT2D eigenvalue weighted by molar-refractivity contribution is 7.13. The fraction of sp³-hybridized carbons (Fsp3) is 0.481. The number of aromatic nitrogens is 2. The Kier molecular flexibility index (Phi) is 7.74. The average molecular weight is 557 g/mol. The monoisotopic (exact) mass is 556 g/mol. The zero-order valence-corrected chi connectivity index (χ0v) is 23.3. The predicted octanol–water partition coefficient (Wildman–Crippen LogP) is 3.49. The SMILES string of the molecule is CC(C)NC(=O)[C@H]1CC[C@@H](NC(=O)c2nc3c(s2)CN(C)CC3)[C@@H](NC(=O)c2cc3cc(Cl)ccc3[nH]2)C1. The summed E-state index contributed by atoms with van der Waals surface area (Å²) in [4.78, 5) is 50.4. The first kappa shape index (κ1) is 26.6. The van der Waals surface area contributed by atoms with Crippen LogP contribution in [0, 0.1) is 5.92 Å². The van der Waals surface area contributed by atoms with Crippen LogP contribution in [-0.4, -0.2) is 64.3 Å². The van der Waals surface area contributed by atoms with Crippen molar-refractivity contribution in [2.24, 2.45) is 5.92 Å². The van der Waals surface area contributed by atoms with Crippen molar-refractivity contribution >= 4 is 51.6 Å². The molecule has 1 aliphatic heterocycles. The number of H-pyrrole nitrogens is 1. The predicted molar refractivity (Wildman–Crippen MR) is 149 cm³/mol. The first-order valence-corrected chi connectivity index (χ1v) is 14.2. The van der Waals surface area contributed by atoms with Gasteiger partial charge in [-0.05, 0) is 64.4 Å². The van der Waals surface area contributed by atoms with Crippen LogP contribution in [0.2, 0.25) is 5.02 Å². The third-order valence-corrected chi connectivity index (χ3v) is 8.55. The molecule has 3 aromatic rings. The lowest BCUT2D eigenvalue weighted by molar-refractivity contribution is -0.126. The molecule has 9 nitrogen and oxygen atoms in total. The molecule has 38 heavy (non-hydrogen) atoms. The highest BCUT2D eigenvalue weighted by atomic mass is 35.5. The van der Waals surface area contributed by atoms with Crippen molar-refractivity contribution in [1.82, 2.24) is 30.8 Å².